The summed E-state index contributed by atoms with van der Waals surface area (Å²) in [5.74, 6) is -0.418. The van der Waals surface area contributed by atoms with Gasteiger partial charge in [0.05, 0.1) is 5.56 Å². The van der Waals surface area contributed by atoms with Crippen molar-refractivity contribution in [2.75, 3.05) is 0 Å². The van der Waals surface area contributed by atoms with Crippen molar-refractivity contribution in [2.24, 2.45) is 5.14 Å². The van der Waals surface area contributed by atoms with E-state index in [4.69, 9.17) is 5.14 Å². The van der Waals surface area contributed by atoms with Gasteiger partial charge in [0.2, 0.25) is 0 Å². The molecular formula is C7H7NO2S. The molecule has 4 heteroatoms. The first-order chi connectivity index (χ1) is 5.34. The normalized spacial score (nSPS) is 9.18. The van der Waals surface area contributed by atoms with Gasteiger partial charge in [-0.2, -0.15) is 0 Å². The third kappa shape index (κ3) is 2.25. The molecule has 1 aromatic carbocycles. The Balaban J connectivity index is 2.69. The molecule has 1 aromatic rings. The highest BCUT2D eigenvalue weighted by molar-refractivity contribution is 7.92. The van der Waals surface area contributed by atoms with Gasteiger partial charge in [0.15, 0.2) is 0 Å². The summed E-state index contributed by atoms with van der Waals surface area (Å²) in [5, 5.41) is 4.94. The SMILES string of the molecule is NSOC(=O)c1ccccc1. The molecule has 0 spiro atoms. The van der Waals surface area contributed by atoms with E-state index in [2.05, 4.69) is 4.18 Å². The lowest BCUT2D eigenvalue weighted by atomic mass is 10.2. The van der Waals surface area contributed by atoms with Crippen molar-refractivity contribution >= 4 is 18.2 Å². The number of hydrogen-bond acceptors (Lipinski definition) is 4. The standard InChI is InChI=1S/C7H7NO2S/c8-11-10-7(9)6-4-2-1-3-5-6/h1-5H,8H2. The Labute approximate surface area is 68.9 Å². The molecule has 0 aliphatic carbocycles. The topological polar surface area (TPSA) is 52.3 Å². The molecular weight excluding hydrogens is 162 g/mol. The van der Waals surface area contributed by atoms with Gasteiger partial charge in [-0.25, -0.2) is 9.93 Å². The Kier molecular flexibility index (Phi) is 2.95. The average Bonchev–Trinajstić information content (AvgIpc) is 2.07. The highest BCUT2D eigenvalue weighted by Gasteiger charge is 2.03. The summed E-state index contributed by atoms with van der Waals surface area (Å²) in [4.78, 5) is 10.9. The van der Waals surface area contributed by atoms with Crippen LogP contribution >= 0.6 is 12.2 Å². The Hall–Kier alpha value is -1.00. The predicted molar refractivity (Wildman–Crippen MR) is 43.6 cm³/mol. The maximum absolute atomic E-state index is 10.9. The van der Waals surface area contributed by atoms with Crippen molar-refractivity contribution in [1.29, 1.82) is 0 Å². The molecule has 0 bridgehead atoms. The van der Waals surface area contributed by atoms with E-state index >= 15 is 0 Å². The van der Waals surface area contributed by atoms with Gasteiger partial charge in [-0.15, -0.1) is 0 Å². The van der Waals surface area contributed by atoms with Crippen molar-refractivity contribution in [3.8, 4) is 0 Å². The van der Waals surface area contributed by atoms with Gasteiger partial charge in [0.1, 0.15) is 12.2 Å². The highest BCUT2D eigenvalue weighted by Crippen LogP contribution is 2.03. The summed E-state index contributed by atoms with van der Waals surface area (Å²) in [6.45, 7) is 0. The number of hydrogen-bond donors (Lipinski definition) is 1. The van der Waals surface area contributed by atoms with Crippen LogP contribution in [0.4, 0.5) is 0 Å². The number of carbonyl (C=O) groups excluding carboxylic acids is 1. The number of nitrogens with two attached hydrogens (primary N) is 1. The van der Waals surface area contributed by atoms with Gasteiger partial charge in [-0.3, -0.25) is 0 Å². The first-order valence-corrected chi connectivity index (χ1v) is 3.78. The molecule has 0 atom stereocenters. The molecule has 0 amide bonds. The van der Waals surface area contributed by atoms with Gasteiger partial charge >= 0.3 is 5.97 Å². The Morgan fingerprint density at radius 2 is 2.00 bits per heavy atom. The first-order valence-electron chi connectivity index (χ1n) is 2.97. The Bertz CT molecular complexity index is 237. The summed E-state index contributed by atoms with van der Waals surface area (Å²) in [6, 6.07) is 8.68. The van der Waals surface area contributed by atoms with Gasteiger partial charge in [-0.05, 0) is 12.1 Å². The minimum atomic E-state index is -0.418. The van der Waals surface area contributed by atoms with Crippen molar-refractivity contribution in [3.63, 3.8) is 0 Å². The van der Waals surface area contributed by atoms with E-state index in [1.54, 1.807) is 24.3 Å². The molecule has 2 N–H and O–H groups in total. The van der Waals surface area contributed by atoms with Crippen molar-refractivity contribution in [1.82, 2.24) is 0 Å². The largest absolute Gasteiger partial charge is 0.371 e. The average molecular weight is 169 g/mol. The van der Waals surface area contributed by atoms with Crippen molar-refractivity contribution in [3.05, 3.63) is 35.9 Å². The van der Waals surface area contributed by atoms with E-state index in [0.29, 0.717) is 17.8 Å². The molecule has 0 aromatic heterocycles. The number of benzene rings is 1. The van der Waals surface area contributed by atoms with Gasteiger partial charge < -0.3 is 4.18 Å². The van der Waals surface area contributed by atoms with Gasteiger partial charge in [-0.1, -0.05) is 18.2 Å². The van der Waals surface area contributed by atoms with Crippen molar-refractivity contribution in [2.45, 2.75) is 0 Å². The molecule has 1 rings (SSSR count). The molecule has 0 heterocycles. The molecule has 3 nitrogen and oxygen atoms in total. The minimum Gasteiger partial charge on any atom is -0.371 e. The smallest absolute Gasteiger partial charge is 0.351 e. The molecule has 0 saturated heterocycles. The third-order valence-electron chi connectivity index (χ3n) is 1.13. The monoisotopic (exact) mass is 169 g/mol. The van der Waals surface area contributed by atoms with Gasteiger partial charge in [0, 0.05) is 0 Å². The van der Waals surface area contributed by atoms with Crippen LogP contribution in [0.5, 0.6) is 0 Å². The van der Waals surface area contributed by atoms with Crippen LogP contribution in [0.2, 0.25) is 0 Å². The Morgan fingerprint density at radius 1 is 1.36 bits per heavy atom. The van der Waals surface area contributed by atoms with E-state index in [-0.39, 0.29) is 0 Å². The summed E-state index contributed by atoms with van der Waals surface area (Å²) >= 11 is 0.555. The minimum absolute atomic E-state index is 0.418. The van der Waals surface area contributed by atoms with E-state index in [1.165, 1.54) is 0 Å². The molecule has 0 fully saturated rings. The zero-order valence-corrected chi connectivity index (χ0v) is 6.51. The Morgan fingerprint density at radius 3 is 2.55 bits per heavy atom. The number of rotatable bonds is 2. The van der Waals surface area contributed by atoms with Crippen LogP contribution in [0.15, 0.2) is 30.3 Å². The predicted octanol–water partition coefficient (Wildman–Crippen LogP) is 1.37. The molecule has 11 heavy (non-hydrogen) atoms. The van der Waals surface area contributed by atoms with Crippen LogP contribution in [0.3, 0.4) is 0 Å². The summed E-state index contributed by atoms with van der Waals surface area (Å²) in [6.07, 6.45) is 0. The maximum atomic E-state index is 10.9. The highest BCUT2D eigenvalue weighted by atomic mass is 32.2. The van der Waals surface area contributed by atoms with E-state index in [0.717, 1.165) is 0 Å². The summed E-state index contributed by atoms with van der Waals surface area (Å²) < 4.78 is 4.48. The first kappa shape index (κ1) is 8.10. The fourth-order valence-electron chi connectivity index (χ4n) is 0.666. The second kappa shape index (κ2) is 4.00. The van der Waals surface area contributed by atoms with Crippen LogP contribution < -0.4 is 5.14 Å². The molecule has 0 aliphatic heterocycles. The fourth-order valence-corrected chi connectivity index (χ4v) is 0.850. The lowest BCUT2D eigenvalue weighted by Gasteiger charge is -1.96. The van der Waals surface area contributed by atoms with E-state index in [9.17, 15) is 4.79 Å². The molecule has 58 valence electrons. The molecule has 0 saturated carbocycles. The lowest BCUT2D eigenvalue weighted by molar-refractivity contribution is 0.0768. The maximum Gasteiger partial charge on any atom is 0.351 e. The molecule has 0 unspecified atom stereocenters. The van der Waals surface area contributed by atoms with Crippen LogP contribution in [-0.4, -0.2) is 5.97 Å². The summed E-state index contributed by atoms with van der Waals surface area (Å²) in [7, 11) is 0. The van der Waals surface area contributed by atoms with Crippen LogP contribution in [0.1, 0.15) is 10.4 Å². The lowest BCUT2D eigenvalue weighted by Crippen LogP contribution is -2.00. The summed E-state index contributed by atoms with van der Waals surface area (Å²) in [5.41, 5.74) is 0.505. The number of carbonyl (C=O) groups is 1. The second-order valence-corrected chi connectivity index (χ2v) is 2.19. The van der Waals surface area contributed by atoms with Crippen LogP contribution in [0, 0.1) is 0 Å². The third-order valence-corrected chi connectivity index (χ3v) is 1.38. The van der Waals surface area contributed by atoms with Crippen LogP contribution in [-0.2, 0) is 4.18 Å². The molecule has 0 radical (unpaired) electrons. The van der Waals surface area contributed by atoms with Crippen molar-refractivity contribution < 1.29 is 8.98 Å². The second-order valence-electron chi connectivity index (χ2n) is 1.83. The zero-order valence-electron chi connectivity index (χ0n) is 5.69. The van der Waals surface area contributed by atoms with E-state index < -0.39 is 5.97 Å². The fraction of sp³-hybridized carbons (Fsp3) is 0. The molecule has 0 aliphatic rings. The van der Waals surface area contributed by atoms with E-state index in [1.807, 2.05) is 6.07 Å². The van der Waals surface area contributed by atoms with Gasteiger partial charge in [0.25, 0.3) is 0 Å². The van der Waals surface area contributed by atoms with Crippen LogP contribution in [0.25, 0.3) is 0 Å². The quantitative estimate of drug-likeness (QED) is 0.536. The zero-order chi connectivity index (χ0) is 8.10.